The Morgan fingerprint density at radius 1 is 1.03 bits per heavy atom. The molecule has 13 heteroatoms. The normalized spacial score (nSPS) is 13.5. The van der Waals surface area contributed by atoms with Gasteiger partial charge in [-0.1, -0.05) is 23.2 Å². The van der Waals surface area contributed by atoms with Crippen LogP contribution in [-0.4, -0.2) is 37.0 Å². The number of thiophene rings is 1. The van der Waals surface area contributed by atoms with Gasteiger partial charge in [0.1, 0.15) is 20.9 Å². The van der Waals surface area contributed by atoms with E-state index in [1.807, 2.05) is 16.9 Å². The number of benzene rings is 1. The number of sulfonamides is 1. The second-order valence-corrected chi connectivity index (χ2v) is 11.5. The van der Waals surface area contributed by atoms with E-state index >= 15 is 0 Å². The summed E-state index contributed by atoms with van der Waals surface area (Å²) >= 11 is 12.6. The van der Waals surface area contributed by atoms with Crippen LogP contribution in [0.5, 0.6) is 0 Å². The molecule has 0 bridgehead atoms. The molecule has 1 N–H and O–H groups in total. The smallest absolute Gasteiger partial charge is 0.268 e. The molecule has 1 aromatic carbocycles. The van der Waals surface area contributed by atoms with Crippen molar-refractivity contribution in [2.75, 3.05) is 18.0 Å². The number of hydrogen-bond acceptors (Lipinski definition) is 6. The minimum atomic E-state index is -4.14. The Bertz CT molecular complexity index is 1450. The van der Waals surface area contributed by atoms with Gasteiger partial charge in [0.2, 0.25) is 0 Å². The van der Waals surface area contributed by atoms with E-state index in [1.165, 1.54) is 16.8 Å². The first kappa shape index (κ1) is 25.4. The number of amides is 1. The number of fused-ring (bicyclic) bond motifs is 1. The highest BCUT2D eigenvalue weighted by molar-refractivity contribution is 7.90. The van der Waals surface area contributed by atoms with E-state index < -0.39 is 27.6 Å². The van der Waals surface area contributed by atoms with Crippen molar-refractivity contribution in [3.63, 3.8) is 0 Å². The van der Waals surface area contributed by atoms with Crippen molar-refractivity contribution in [1.82, 2.24) is 14.3 Å². The molecule has 5 rings (SSSR count). The number of rotatable bonds is 4. The number of carbonyl (C=O) groups is 1. The number of pyridine rings is 1. The van der Waals surface area contributed by atoms with Crippen molar-refractivity contribution in [3.05, 3.63) is 80.7 Å². The maximum atomic E-state index is 12.6. The van der Waals surface area contributed by atoms with Gasteiger partial charge >= 0.3 is 0 Å². The predicted molar refractivity (Wildman–Crippen MR) is 132 cm³/mol. The molecule has 1 saturated heterocycles. The molecular weight excluding hydrogens is 541 g/mol. The Labute approximate surface area is 213 Å². The van der Waals surface area contributed by atoms with E-state index in [0.717, 1.165) is 67.2 Å². The van der Waals surface area contributed by atoms with Gasteiger partial charge in [0, 0.05) is 25.0 Å². The molecule has 0 radical (unpaired) electrons. The molecule has 1 aliphatic rings. The molecule has 0 unspecified atom stereocenters. The van der Waals surface area contributed by atoms with E-state index in [1.54, 1.807) is 6.20 Å². The Kier molecular flexibility index (Phi) is 7.60. The van der Waals surface area contributed by atoms with Crippen molar-refractivity contribution in [3.8, 4) is 0 Å². The standard InChI is InChI=1S/C16H14Cl2N4O3S2.C6H4F2/c17-14-8-13(15(18)26-14)27(24,25)20-16(23)11-9-19-22-6-3-10(7-12(11)22)21-4-1-2-5-21;7-5-1-2-6(8)4-3-5/h3,6-9H,1-2,4-5H2,(H,20,23);1-4H. The average Bonchev–Trinajstić information content (AvgIpc) is 3.55. The lowest BCUT2D eigenvalue weighted by Gasteiger charge is -2.17. The fraction of sp³-hybridized carbons (Fsp3) is 0.182. The SMILES string of the molecule is Fc1ccc(F)cc1.O=C(NS(=O)(=O)c1cc(Cl)sc1Cl)c1cnn2ccc(N3CCCC3)cc12. The molecule has 1 amide bonds. The lowest BCUT2D eigenvalue weighted by Crippen LogP contribution is -2.30. The quantitative estimate of drug-likeness (QED) is 0.363. The van der Waals surface area contributed by atoms with Crippen LogP contribution in [0.2, 0.25) is 8.67 Å². The van der Waals surface area contributed by atoms with Crippen molar-refractivity contribution in [2.45, 2.75) is 17.7 Å². The second-order valence-electron chi connectivity index (χ2n) is 7.53. The van der Waals surface area contributed by atoms with Crippen molar-refractivity contribution in [2.24, 2.45) is 0 Å². The molecular formula is C22H18Cl2F2N4O3S2. The van der Waals surface area contributed by atoms with E-state index in [4.69, 9.17) is 23.2 Å². The first-order chi connectivity index (χ1) is 16.6. The fourth-order valence-corrected chi connectivity index (χ4v) is 6.60. The zero-order chi connectivity index (χ0) is 25.2. The molecule has 0 atom stereocenters. The summed E-state index contributed by atoms with van der Waals surface area (Å²) in [6, 6.07) is 9.30. The van der Waals surface area contributed by atoms with Gasteiger partial charge < -0.3 is 4.90 Å². The zero-order valence-electron chi connectivity index (χ0n) is 17.9. The molecule has 35 heavy (non-hydrogen) atoms. The maximum Gasteiger partial charge on any atom is 0.268 e. The Hall–Kier alpha value is -2.73. The summed E-state index contributed by atoms with van der Waals surface area (Å²) in [5, 5.41) is 4.13. The summed E-state index contributed by atoms with van der Waals surface area (Å²) in [5.41, 5.74) is 1.67. The van der Waals surface area contributed by atoms with E-state index in [2.05, 4.69) is 10.00 Å². The van der Waals surface area contributed by atoms with Gasteiger partial charge in [-0.15, -0.1) is 11.3 Å². The van der Waals surface area contributed by atoms with Crippen LogP contribution in [0.3, 0.4) is 0 Å². The summed E-state index contributed by atoms with van der Waals surface area (Å²) in [6.07, 6.45) is 5.35. The lowest BCUT2D eigenvalue weighted by atomic mass is 10.2. The fourth-order valence-electron chi connectivity index (χ4n) is 3.49. The Morgan fingerprint density at radius 2 is 1.66 bits per heavy atom. The third kappa shape index (κ3) is 5.92. The first-order valence-corrected chi connectivity index (χ1v) is 13.3. The molecule has 0 spiro atoms. The zero-order valence-corrected chi connectivity index (χ0v) is 21.1. The molecule has 4 heterocycles. The number of carbonyl (C=O) groups excluding carboxylic acids is 1. The van der Waals surface area contributed by atoms with Crippen LogP contribution in [-0.2, 0) is 10.0 Å². The molecule has 0 saturated carbocycles. The van der Waals surface area contributed by atoms with Crippen LogP contribution in [0.15, 0.2) is 59.8 Å². The molecule has 184 valence electrons. The number of halogens is 4. The van der Waals surface area contributed by atoms with Crippen LogP contribution in [0.4, 0.5) is 14.5 Å². The van der Waals surface area contributed by atoms with E-state index in [-0.39, 0.29) is 19.1 Å². The van der Waals surface area contributed by atoms with Crippen LogP contribution >= 0.6 is 34.5 Å². The third-order valence-electron chi connectivity index (χ3n) is 5.17. The molecule has 0 aliphatic carbocycles. The van der Waals surface area contributed by atoms with Crippen LogP contribution in [0, 0.1) is 11.6 Å². The summed E-state index contributed by atoms with van der Waals surface area (Å²) in [6.45, 7) is 1.91. The minimum absolute atomic E-state index is 0.00326. The Morgan fingerprint density at radius 3 is 2.23 bits per heavy atom. The molecule has 1 aliphatic heterocycles. The van der Waals surface area contributed by atoms with Gasteiger partial charge in [-0.25, -0.2) is 26.4 Å². The average molecular weight is 559 g/mol. The largest absolute Gasteiger partial charge is 0.371 e. The highest BCUT2D eigenvalue weighted by Crippen LogP contribution is 2.34. The van der Waals surface area contributed by atoms with Gasteiger partial charge in [-0.05, 0) is 55.3 Å². The number of aromatic nitrogens is 2. The van der Waals surface area contributed by atoms with Crippen molar-refractivity contribution >= 4 is 61.7 Å². The van der Waals surface area contributed by atoms with Crippen molar-refractivity contribution in [1.29, 1.82) is 0 Å². The van der Waals surface area contributed by atoms with Crippen LogP contribution in [0.25, 0.3) is 5.52 Å². The number of hydrogen-bond donors (Lipinski definition) is 1. The second kappa shape index (κ2) is 10.5. The van der Waals surface area contributed by atoms with Gasteiger partial charge in [-0.2, -0.15) is 5.10 Å². The van der Waals surface area contributed by atoms with Gasteiger partial charge in [-0.3, -0.25) is 4.79 Å². The molecule has 1 fully saturated rings. The predicted octanol–water partition coefficient (Wildman–Crippen LogP) is 5.39. The van der Waals surface area contributed by atoms with E-state index in [0.29, 0.717) is 5.52 Å². The number of nitrogens with zero attached hydrogens (tertiary/aromatic N) is 3. The van der Waals surface area contributed by atoms with Gasteiger partial charge in [0.25, 0.3) is 15.9 Å². The van der Waals surface area contributed by atoms with E-state index in [9.17, 15) is 22.0 Å². The van der Waals surface area contributed by atoms with Crippen LogP contribution < -0.4 is 9.62 Å². The highest BCUT2D eigenvalue weighted by Gasteiger charge is 2.26. The van der Waals surface area contributed by atoms with Gasteiger partial charge in [0.15, 0.2) is 0 Å². The number of nitrogens with one attached hydrogen (secondary N) is 1. The monoisotopic (exact) mass is 558 g/mol. The highest BCUT2D eigenvalue weighted by atomic mass is 35.5. The molecule has 4 aromatic rings. The summed E-state index contributed by atoms with van der Waals surface area (Å²) in [5.74, 6) is -1.60. The summed E-state index contributed by atoms with van der Waals surface area (Å²) < 4.78 is 52.6. The molecule has 7 nitrogen and oxygen atoms in total. The van der Waals surface area contributed by atoms with Crippen LogP contribution in [0.1, 0.15) is 23.2 Å². The topological polar surface area (TPSA) is 83.8 Å². The molecule has 3 aromatic heterocycles. The summed E-state index contributed by atoms with van der Waals surface area (Å²) in [4.78, 5) is 14.6. The first-order valence-electron chi connectivity index (χ1n) is 10.3. The van der Waals surface area contributed by atoms with Crippen molar-refractivity contribution < 1.29 is 22.0 Å². The van der Waals surface area contributed by atoms with Gasteiger partial charge in [0.05, 0.1) is 21.6 Å². The Balaban J connectivity index is 0.000000308. The minimum Gasteiger partial charge on any atom is -0.371 e. The lowest BCUT2D eigenvalue weighted by molar-refractivity contribution is 0.0983. The maximum absolute atomic E-state index is 12.6. The number of anilines is 1. The summed E-state index contributed by atoms with van der Waals surface area (Å²) in [7, 11) is -4.14. The third-order valence-corrected chi connectivity index (χ3v) is 8.25.